The van der Waals surface area contributed by atoms with Crippen molar-refractivity contribution in [2.45, 2.75) is 57.8 Å². The third-order valence-electron chi connectivity index (χ3n) is 4.21. The molecule has 1 heterocycles. The number of hydrogen-bond donors (Lipinski definition) is 2. The molecule has 1 saturated heterocycles. The summed E-state index contributed by atoms with van der Waals surface area (Å²) in [6.45, 7) is 8.59. The number of halogens is 1. The molecule has 0 radical (unpaired) electrons. The Morgan fingerprint density at radius 3 is 2.35 bits per heavy atom. The summed E-state index contributed by atoms with van der Waals surface area (Å²) in [4.78, 5) is 0. The fraction of sp³-hybridized carbons (Fsp3) is 0.625. The first-order valence-electron chi connectivity index (χ1n) is 7.14. The minimum absolute atomic E-state index is 0.0940. The van der Waals surface area contributed by atoms with Gasteiger partial charge in [0.2, 0.25) is 0 Å². The lowest BCUT2D eigenvalue weighted by atomic mass is 9.79. The zero-order valence-electron chi connectivity index (χ0n) is 12.7. The third kappa shape index (κ3) is 3.53. The largest absolute Gasteiger partial charge is 0.369 e. The summed E-state index contributed by atoms with van der Waals surface area (Å²) < 4.78 is 6.17. The first kappa shape index (κ1) is 15.8. The molecule has 0 aliphatic carbocycles. The molecule has 2 rings (SSSR count). The van der Waals surface area contributed by atoms with Crippen molar-refractivity contribution >= 4 is 11.6 Å². The van der Waals surface area contributed by atoms with Gasteiger partial charge in [-0.25, -0.2) is 0 Å². The SMILES string of the molecule is CC1(C)CC(C(Cc2ccc(Cl)cc2)NN)C(C)(C)O1. The topological polar surface area (TPSA) is 47.3 Å². The molecule has 112 valence electrons. The molecule has 3 nitrogen and oxygen atoms in total. The average molecular weight is 297 g/mol. The highest BCUT2D eigenvalue weighted by molar-refractivity contribution is 6.30. The van der Waals surface area contributed by atoms with Crippen molar-refractivity contribution in [3.8, 4) is 0 Å². The van der Waals surface area contributed by atoms with Crippen LogP contribution in [0, 0.1) is 5.92 Å². The average Bonchev–Trinajstić information content (AvgIpc) is 2.56. The minimum atomic E-state index is -0.174. The van der Waals surface area contributed by atoms with E-state index >= 15 is 0 Å². The molecule has 0 bridgehead atoms. The zero-order valence-corrected chi connectivity index (χ0v) is 13.5. The van der Waals surface area contributed by atoms with Crippen LogP contribution in [0.4, 0.5) is 0 Å². The van der Waals surface area contributed by atoms with Crippen molar-refractivity contribution in [2.75, 3.05) is 0 Å². The van der Waals surface area contributed by atoms with Gasteiger partial charge in [-0.1, -0.05) is 23.7 Å². The highest BCUT2D eigenvalue weighted by atomic mass is 35.5. The number of hydrazine groups is 1. The van der Waals surface area contributed by atoms with Crippen molar-refractivity contribution < 1.29 is 4.74 Å². The Morgan fingerprint density at radius 1 is 1.30 bits per heavy atom. The Balaban J connectivity index is 2.14. The molecule has 3 N–H and O–H groups in total. The Hall–Kier alpha value is -0.610. The molecule has 0 spiro atoms. The molecule has 1 aromatic carbocycles. The lowest BCUT2D eigenvalue weighted by Gasteiger charge is -2.32. The second kappa shape index (κ2) is 5.64. The van der Waals surface area contributed by atoms with Gasteiger partial charge in [0.25, 0.3) is 0 Å². The van der Waals surface area contributed by atoms with Gasteiger partial charge in [-0.05, 0) is 58.2 Å². The third-order valence-corrected chi connectivity index (χ3v) is 4.46. The number of nitrogens with one attached hydrogen (secondary N) is 1. The summed E-state index contributed by atoms with van der Waals surface area (Å²) in [6.07, 6.45) is 1.88. The van der Waals surface area contributed by atoms with Crippen molar-refractivity contribution in [1.29, 1.82) is 0 Å². The summed E-state index contributed by atoms with van der Waals surface area (Å²) >= 11 is 5.93. The Kier molecular flexibility index (Phi) is 4.45. The van der Waals surface area contributed by atoms with Crippen molar-refractivity contribution in [3.63, 3.8) is 0 Å². The van der Waals surface area contributed by atoms with E-state index in [1.54, 1.807) is 0 Å². The van der Waals surface area contributed by atoms with Crippen LogP contribution in [0.15, 0.2) is 24.3 Å². The second-order valence-corrected chi connectivity index (χ2v) is 7.32. The van der Waals surface area contributed by atoms with Gasteiger partial charge in [-0.15, -0.1) is 0 Å². The van der Waals surface area contributed by atoms with Gasteiger partial charge < -0.3 is 4.74 Å². The minimum Gasteiger partial charge on any atom is -0.369 e. The lowest BCUT2D eigenvalue weighted by molar-refractivity contribution is -0.0776. The fourth-order valence-corrected chi connectivity index (χ4v) is 3.55. The van der Waals surface area contributed by atoms with Crippen LogP contribution in [-0.2, 0) is 11.2 Å². The van der Waals surface area contributed by atoms with E-state index in [-0.39, 0.29) is 17.2 Å². The van der Waals surface area contributed by atoms with E-state index in [1.807, 2.05) is 12.1 Å². The predicted molar refractivity (Wildman–Crippen MR) is 83.6 cm³/mol. The molecule has 4 heteroatoms. The standard InChI is InChI=1S/C16H25ClN2O/c1-15(2)10-13(16(3,4)20-15)14(19-18)9-11-5-7-12(17)8-6-11/h5-8,13-14,19H,9-10,18H2,1-4H3. The maximum absolute atomic E-state index is 6.17. The van der Waals surface area contributed by atoms with Crippen LogP contribution in [0.5, 0.6) is 0 Å². The van der Waals surface area contributed by atoms with Crippen LogP contribution in [0.2, 0.25) is 5.02 Å². The molecule has 1 aliphatic rings. The van der Waals surface area contributed by atoms with E-state index in [4.69, 9.17) is 22.2 Å². The molecule has 2 atom stereocenters. The van der Waals surface area contributed by atoms with Crippen LogP contribution in [0.25, 0.3) is 0 Å². The van der Waals surface area contributed by atoms with E-state index < -0.39 is 0 Å². The van der Waals surface area contributed by atoms with Gasteiger partial charge in [0.1, 0.15) is 0 Å². The Labute approximate surface area is 126 Å². The van der Waals surface area contributed by atoms with Crippen LogP contribution in [-0.4, -0.2) is 17.2 Å². The molecule has 20 heavy (non-hydrogen) atoms. The van der Waals surface area contributed by atoms with E-state index in [9.17, 15) is 0 Å². The van der Waals surface area contributed by atoms with Gasteiger partial charge in [0.15, 0.2) is 0 Å². The molecule has 0 aromatic heterocycles. The number of nitrogens with two attached hydrogens (primary N) is 1. The first-order chi connectivity index (χ1) is 9.23. The second-order valence-electron chi connectivity index (χ2n) is 6.88. The molecular weight excluding hydrogens is 272 g/mol. The summed E-state index contributed by atoms with van der Waals surface area (Å²) in [5.41, 5.74) is 3.95. The van der Waals surface area contributed by atoms with E-state index in [0.717, 1.165) is 17.9 Å². The lowest BCUT2D eigenvalue weighted by Crippen LogP contribution is -2.48. The molecule has 1 fully saturated rings. The van der Waals surface area contributed by atoms with Gasteiger partial charge in [-0.3, -0.25) is 11.3 Å². The Morgan fingerprint density at radius 2 is 1.90 bits per heavy atom. The summed E-state index contributed by atoms with van der Waals surface area (Å²) in [5, 5.41) is 0.761. The smallest absolute Gasteiger partial charge is 0.0678 e. The maximum Gasteiger partial charge on any atom is 0.0678 e. The monoisotopic (exact) mass is 296 g/mol. The van der Waals surface area contributed by atoms with Gasteiger partial charge >= 0.3 is 0 Å². The van der Waals surface area contributed by atoms with Crippen molar-refractivity contribution in [2.24, 2.45) is 11.8 Å². The van der Waals surface area contributed by atoms with E-state index in [1.165, 1.54) is 5.56 Å². The molecule has 1 aromatic rings. The molecule has 1 aliphatic heterocycles. The van der Waals surface area contributed by atoms with E-state index in [0.29, 0.717) is 5.92 Å². The predicted octanol–water partition coefficient (Wildman–Crippen LogP) is 3.31. The zero-order chi connectivity index (χ0) is 15.0. The molecule has 0 saturated carbocycles. The van der Waals surface area contributed by atoms with Gasteiger partial charge in [0, 0.05) is 17.0 Å². The molecule has 0 amide bonds. The van der Waals surface area contributed by atoms with Crippen LogP contribution < -0.4 is 11.3 Å². The maximum atomic E-state index is 6.17. The summed E-state index contributed by atoms with van der Waals surface area (Å²) in [6, 6.07) is 8.14. The summed E-state index contributed by atoms with van der Waals surface area (Å²) in [7, 11) is 0. The fourth-order valence-electron chi connectivity index (χ4n) is 3.42. The van der Waals surface area contributed by atoms with Crippen LogP contribution in [0.3, 0.4) is 0 Å². The van der Waals surface area contributed by atoms with E-state index in [2.05, 4.69) is 45.3 Å². The van der Waals surface area contributed by atoms with Crippen molar-refractivity contribution in [1.82, 2.24) is 5.43 Å². The number of benzene rings is 1. The quantitative estimate of drug-likeness (QED) is 0.662. The molecular formula is C16H25ClN2O. The van der Waals surface area contributed by atoms with Crippen LogP contribution >= 0.6 is 11.6 Å². The summed E-state index contributed by atoms with van der Waals surface area (Å²) in [5.74, 6) is 6.18. The van der Waals surface area contributed by atoms with Crippen LogP contribution in [0.1, 0.15) is 39.7 Å². The van der Waals surface area contributed by atoms with Gasteiger partial charge in [-0.2, -0.15) is 0 Å². The highest BCUT2D eigenvalue weighted by Gasteiger charge is 2.48. The molecule has 2 unspecified atom stereocenters. The highest BCUT2D eigenvalue weighted by Crippen LogP contribution is 2.44. The van der Waals surface area contributed by atoms with Gasteiger partial charge in [0.05, 0.1) is 11.2 Å². The normalized spacial score (nSPS) is 25.6. The number of rotatable bonds is 4. The number of ether oxygens (including phenoxy) is 1. The first-order valence-corrected chi connectivity index (χ1v) is 7.52. The number of hydrogen-bond acceptors (Lipinski definition) is 3. The van der Waals surface area contributed by atoms with Crippen molar-refractivity contribution in [3.05, 3.63) is 34.9 Å². The Bertz CT molecular complexity index is 456.